The molecule has 1 fully saturated rings. The van der Waals surface area contributed by atoms with E-state index in [1.54, 1.807) is 47.4 Å². The molecule has 2 heterocycles. The van der Waals surface area contributed by atoms with Gasteiger partial charge in [0, 0.05) is 24.2 Å². The fourth-order valence-electron chi connectivity index (χ4n) is 3.78. The highest BCUT2D eigenvalue weighted by Gasteiger charge is 2.51. The van der Waals surface area contributed by atoms with Crippen molar-refractivity contribution in [1.29, 1.82) is 0 Å². The minimum Gasteiger partial charge on any atom is -0.379 e. The van der Waals surface area contributed by atoms with Crippen LogP contribution in [0.4, 0.5) is 5.69 Å². The fourth-order valence-corrected chi connectivity index (χ4v) is 4.02. The Labute approximate surface area is 168 Å². The van der Waals surface area contributed by atoms with Crippen molar-refractivity contribution in [3.8, 4) is 0 Å². The molecule has 0 radical (unpaired) electrons. The second-order valence-electron chi connectivity index (χ2n) is 7.06. The van der Waals surface area contributed by atoms with Crippen LogP contribution in [0, 0.1) is 0 Å². The second kappa shape index (κ2) is 7.64. The minimum atomic E-state index is -1.90. The van der Waals surface area contributed by atoms with Crippen LogP contribution in [0.15, 0.2) is 48.5 Å². The maximum Gasteiger partial charge on any atom is 0.265 e. The van der Waals surface area contributed by atoms with Gasteiger partial charge in [-0.05, 0) is 18.2 Å². The molecule has 0 bridgehead atoms. The van der Waals surface area contributed by atoms with Gasteiger partial charge in [-0.15, -0.1) is 0 Å². The number of aliphatic hydroxyl groups is 1. The largest absolute Gasteiger partial charge is 0.379 e. The molecule has 1 N–H and O–H groups in total. The molecule has 0 aromatic heterocycles. The molecule has 6 nitrogen and oxygen atoms in total. The number of halogens is 1. The van der Waals surface area contributed by atoms with Crippen LogP contribution in [0.5, 0.6) is 0 Å². The summed E-state index contributed by atoms with van der Waals surface area (Å²) < 4.78 is 5.36. The molecule has 2 aliphatic heterocycles. The summed E-state index contributed by atoms with van der Waals surface area (Å²) >= 11 is 6.13. The van der Waals surface area contributed by atoms with Crippen LogP contribution in [0.1, 0.15) is 22.3 Å². The second-order valence-corrected chi connectivity index (χ2v) is 7.47. The summed E-state index contributed by atoms with van der Waals surface area (Å²) in [6.45, 7) is 2.99. The van der Waals surface area contributed by atoms with Gasteiger partial charge in [0.1, 0.15) is 0 Å². The van der Waals surface area contributed by atoms with E-state index in [0.29, 0.717) is 54.8 Å². The van der Waals surface area contributed by atoms with Crippen molar-refractivity contribution in [2.45, 2.75) is 12.0 Å². The molecular formula is C21H21ClN2O4. The Hall–Kier alpha value is -2.25. The van der Waals surface area contributed by atoms with Crippen molar-refractivity contribution in [3.63, 3.8) is 0 Å². The quantitative estimate of drug-likeness (QED) is 0.780. The molecule has 1 amide bonds. The predicted octanol–water partition coefficient (Wildman–Crippen LogP) is 2.44. The number of Topliss-reactive ketones (excluding diaryl/α,β-unsaturated/α-hetero) is 1. The number of nitrogens with zero attached hydrogens (tertiary/aromatic N) is 2. The van der Waals surface area contributed by atoms with Crippen molar-refractivity contribution in [2.24, 2.45) is 0 Å². The molecule has 28 heavy (non-hydrogen) atoms. The smallest absolute Gasteiger partial charge is 0.265 e. The first-order chi connectivity index (χ1) is 13.5. The Balaban J connectivity index is 1.64. The number of rotatable bonds is 5. The lowest BCUT2D eigenvalue weighted by molar-refractivity contribution is -0.136. The molecule has 2 aliphatic rings. The number of benzene rings is 2. The van der Waals surface area contributed by atoms with Crippen molar-refractivity contribution in [3.05, 3.63) is 64.7 Å². The van der Waals surface area contributed by atoms with Gasteiger partial charge in [-0.25, -0.2) is 0 Å². The number of amides is 1. The normalized spacial score (nSPS) is 22.4. The van der Waals surface area contributed by atoms with Gasteiger partial charge in [-0.1, -0.05) is 41.9 Å². The summed E-state index contributed by atoms with van der Waals surface area (Å²) in [5, 5.41) is 11.6. The van der Waals surface area contributed by atoms with Gasteiger partial charge in [-0.2, -0.15) is 0 Å². The molecule has 2 aromatic carbocycles. The van der Waals surface area contributed by atoms with Gasteiger partial charge >= 0.3 is 0 Å². The van der Waals surface area contributed by atoms with E-state index in [-0.39, 0.29) is 12.2 Å². The van der Waals surface area contributed by atoms with Crippen molar-refractivity contribution < 1.29 is 19.4 Å². The SMILES string of the molecule is O=C(C[C@]1(O)C(=O)N(CN2CCOCC2)c2ccccc21)c1ccccc1Cl. The van der Waals surface area contributed by atoms with Crippen molar-refractivity contribution in [2.75, 3.05) is 37.9 Å². The Bertz CT molecular complexity index is 913. The lowest BCUT2D eigenvalue weighted by Crippen LogP contribution is -2.49. The first kappa shape index (κ1) is 19.1. The zero-order valence-corrected chi connectivity index (χ0v) is 16.1. The van der Waals surface area contributed by atoms with E-state index < -0.39 is 11.5 Å². The third-order valence-corrected chi connectivity index (χ3v) is 5.60. The summed E-state index contributed by atoms with van der Waals surface area (Å²) in [6.07, 6.45) is -0.355. The molecule has 0 saturated carbocycles. The summed E-state index contributed by atoms with van der Waals surface area (Å²) in [5.41, 5.74) is -0.518. The van der Waals surface area contributed by atoms with Crippen LogP contribution >= 0.6 is 11.6 Å². The molecule has 0 spiro atoms. The van der Waals surface area contributed by atoms with Gasteiger partial charge in [0.15, 0.2) is 11.4 Å². The molecule has 0 aliphatic carbocycles. The molecule has 2 aromatic rings. The molecule has 1 atom stereocenters. The Morgan fingerprint density at radius 1 is 1.11 bits per heavy atom. The minimum absolute atomic E-state index is 0.300. The number of morpholine rings is 1. The zero-order valence-electron chi connectivity index (χ0n) is 15.3. The van der Waals surface area contributed by atoms with Crippen LogP contribution in [0.25, 0.3) is 0 Å². The fraction of sp³-hybridized carbons (Fsp3) is 0.333. The summed E-state index contributed by atoms with van der Waals surface area (Å²) in [4.78, 5) is 29.7. The number of carbonyl (C=O) groups is 2. The maximum atomic E-state index is 13.2. The highest BCUT2D eigenvalue weighted by molar-refractivity contribution is 6.34. The lowest BCUT2D eigenvalue weighted by atomic mass is 9.88. The highest BCUT2D eigenvalue weighted by Crippen LogP contribution is 2.43. The third-order valence-electron chi connectivity index (χ3n) is 5.28. The van der Waals surface area contributed by atoms with Crippen molar-refractivity contribution >= 4 is 29.0 Å². The number of ether oxygens (including phenoxy) is 1. The number of fused-ring (bicyclic) bond motifs is 1. The van der Waals surface area contributed by atoms with E-state index in [0.717, 1.165) is 0 Å². The molecular weight excluding hydrogens is 380 g/mol. The standard InChI is InChI=1S/C21H21ClN2O4/c22-17-7-3-1-5-15(17)19(25)13-21(27)16-6-2-4-8-18(16)24(20(21)26)14-23-9-11-28-12-10-23/h1-8,27H,9-14H2/t21-/m1/s1. The number of para-hydroxylation sites is 1. The van der Waals surface area contributed by atoms with Crippen LogP contribution < -0.4 is 4.90 Å². The molecule has 1 saturated heterocycles. The summed E-state index contributed by atoms with van der Waals surface area (Å²) in [7, 11) is 0. The first-order valence-electron chi connectivity index (χ1n) is 9.22. The van der Waals surface area contributed by atoms with E-state index in [1.807, 2.05) is 6.07 Å². The van der Waals surface area contributed by atoms with Crippen LogP contribution in [0.3, 0.4) is 0 Å². The van der Waals surface area contributed by atoms with Crippen LogP contribution in [-0.4, -0.2) is 54.7 Å². The Morgan fingerprint density at radius 2 is 1.79 bits per heavy atom. The van der Waals surface area contributed by atoms with Gasteiger partial charge in [0.2, 0.25) is 0 Å². The van der Waals surface area contributed by atoms with E-state index >= 15 is 0 Å². The number of anilines is 1. The number of ketones is 1. The molecule has 7 heteroatoms. The van der Waals surface area contributed by atoms with Gasteiger partial charge < -0.3 is 9.84 Å². The molecule has 0 unspecified atom stereocenters. The third kappa shape index (κ3) is 3.33. The number of carbonyl (C=O) groups excluding carboxylic acids is 2. The van der Waals surface area contributed by atoms with Crippen LogP contribution in [-0.2, 0) is 15.1 Å². The van der Waals surface area contributed by atoms with Crippen molar-refractivity contribution in [1.82, 2.24) is 4.90 Å². The highest BCUT2D eigenvalue weighted by atomic mass is 35.5. The van der Waals surface area contributed by atoms with Gasteiger partial charge in [0.25, 0.3) is 5.91 Å². The maximum absolute atomic E-state index is 13.2. The summed E-state index contributed by atoms with van der Waals surface area (Å²) in [5.74, 6) is -0.856. The number of hydrogen-bond acceptors (Lipinski definition) is 5. The van der Waals surface area contributed by atoms with Gasteiger partial charge in [0.05, 0.1) is 37.0 Å². The summed E-state index contributed by atoms with van der Waals surface area (Å²) in [6, 6.07) is 13.7. The van der Waals surface area contributed by atoms with E-state index in [2.05, 4.69) is 4.90 Å². The Morgan fingerprint density at radius 3 is 2.54 bits per heavy atom. The zero-order chi connectivity index (χ0) is 19.7. The lowest BCUT2D eigenvalue weighted by Gasteiger charge is -2.31. The molecule has 146 valence electrons. The first-order valence-corrected chi connectivity index (χ1v) is 9.60. The van der Waals surface area contributed by atoms with E-state index in [4.69, 9.17) is 16.3 Å². The van der Waals surface area contributed by atoms with Crippen LogP contribution in [0.2, 0.25) is 5.02 Å². The Kier molecular flexibility index (Phi) is 5.21. The molecule has 4 rings (SSSR count). The monoisotopic (exact) mass is 400 g/mol. The topological polar surface area (TPSA) is 70.1 Å². The number of hydrogen-bond donors (Lipinski definition) is 1. The average Bonchev–Trinajstić information content (AvgIpc) is 2.91. The average molecular weight is 401 g/mol. The van der Waals surface area contributed by atoms with Gasteiger partial charge in [-0.3, -0.25) is 19.4 Å². The predicted molar refractivity (Wildman–Crippen MR) is 105 cm³/mol. The van der Waals surface area contributed by atoms with E-state index in [9.17, 15) is 14.7 Å². The van der Waals surface area contributed by atoms with E-state index in [1.165, 1.54) is 0 Å².